The molecule has 1 heterocycles. The van der Waals surface area contributed by atoms with Crippen LogP contribution in [0.15, 0.2) is 18.2 Å². The average Bonchev–Trinajstić information content (AvgIpc) is 2.49. The van der Waals surface area contributed by atoms with Crippen LogP contribution in [0.5, 0.6) is 11.5 Å². The van der Waals surface area contributed by atoms with Crippen molar-refractivity contribution in [2.24, 2.45) is 0 Å². The summed E-state index contributed by atoms with van der Waals surface area (Å²) in [5.41, 5.74) is 0.640. The highest BCUT2D eigenvalue weighted by Gasteiger charge is 2.18. The zero-order valence-corrected chi connectivity index (χ0v) is 12.8. The Bertz CT molecular complexity index is 458. The molecule has 20 heavy (non-hydrogen) atoms. The number of carbonyl (C=O) groups excluding carboxylic acids is 1. The summed E-state index contributed by atoms with van der Waals surface area (Å²) in [5, 5.41) is 2.86. The van der Waals surface area contributed by atoms with E-state index in [2.05, 4.69) is 5.32 Å². The number of hydrogen-bond donors (Lipinski definition) is 1. The monoisotopic (exact) mass is 295 g/mol. The Labute approximate surface area is 124 Å². The molecule has 0 aromatic heterocycles. The maximum absolute atomic E-state index is 11.9. The van der Waals surface area contributed by atoms with Crippen LogP contribution in [0.4, 0.5) is 0 Å². The molecule has 5 heteroatoms. The summed E-state index contributed by atoms with van der Waals surface area (Å²) in [5.74, 6) is 3.63. The van der Waals surface area contributed by atoms with Crippen LogP contribution in [0, 0.1) is 0 Å². The molecule has 1 atom stereocenters. The second-order valence-corrected chi connectivity index (χ2v) is 5.93. The fourth-order valence-corrected chi connectivity index (χ4v) is 3.22. The van der Waals surface area contributed by atoms with Gasteiger partial charge in [0.05, 0.1) is 13.7 Å². The van der Waals surface area contributed by atoms with Gasteiger partial charge in [0.15, 0.2) is 17.3 Å². The van der Waals surface area contributed by atoms with Gasteiger partial charge in [0.2, 0.25) is 0 Å². The lowest BCUT2D eigenvalue weighted by Crippen LogP contribution is -2.23. The highest BCUT2D eigenvalue weighted by molar-refractivity contribution is 7.99. The lowest BCUT2D eigenvalue weighted by Gasteiger charge is -2.23. The van der Waals surface area contributed by atoms with Crippen molar-refractivity contribution in [1.29, 1.82) is 0 Å². The van der Waals surface area contributed by atoms with Crippen LogP contribution in [-0.4, -0.2) is 44.1 Å². The number of carbonyl (C=O) groups is 1. The molecule has 1 aromatic rings. The largest absolute Gasteiger partial charge is 0.493 e. The quantitative estimate of drug-likeness (QED) is 0.817. The highest BCUT2D eigenvalue weighted by atomic mass is 32.2. The first-order valence-electron chi connectivity index (χ1n) is 6.85. The van der Waals surface area contributed by atoms with Crippen LogP contribution in [0.25, 0.3) is 0 Å². The third kappa shape index (κ3) is 3.90. The maximum Gasteiger partial charge on any atom is 0.176 e. The van der Waals surface area contributed by atoms with Crippen LogP contribution < -0.4 is 14.8 Å². The van der Waals surface area contributed by atoms with E-state index in [0.717, 1.165) is 17.9 Å². The first-order chi connectivity index (χ1) is 9.74. The van der Waals surface area contributed by atoms with Crippen molar-refractivity contribution in [2.75, 3.05) is 32.2 Å². The van der Waals surface area contributed by atoms with Crippen molar-refractivity contribution in [3.05, 3.63) is 23.8 Å². The summed E-state index contributed by atoms with van der Waals surface area (Å²) in [6, 6.07) is 5.39. The second-order valence-electron chi connectivity index (χ2n) is 4.78. The van der Waals surface area contributed by atoms with Crippen LogP contribution in [0.3, 0.4) is 0 Å². The second kappa shape index (κ2) is 7.55. The van der Waals surface area contributed by atoms with Gasteiger partial charge in [0.1, 0.15) is 6.10 Å². The number of rotatable bonds is 6. The number of thioether (sulfide) groups is 1. The van der Waals surface area contributed by atoms with Crippen LogP contribution in [0.2, 0.25) is 0 Å². The molecule has 0 bridgehead atoms. The summed E-state index contributed by atoms with van der Waals surface area (Å²) in [6.07, 6.45) is 2.51. The molecule has 0 radical (unpaired) electrons. The first kappa shape index (κ1) is 15.2. The van der Waals surface area contributed by atoms with Gasteiger partial charge in [-0.3, -0.25) is 4.79 Å². The van der Waals surface area contributed by atoms with Gasteiger partial charge in [-0.1, -0.05) is 0 Å². The van der Waals surface area contributed by atoms with Gasteiger partial charge >= 0.3 is 0 Å². The van der Waals surface area contributed by atoms with Gasteiger partial charge in [-0.2, -0.15) is 11.8 Å². The molecular formula is C15H21NO3S. The van der Waals surface area contributed by atoms with Crippen molar-refractivity contribution in [1.82, 2.24) is 5.32 Å². The summed E-state index contributed by atoms with van der Waals surface area (Å²) in [4.78, 5) is 11.9. The molecule has 1 aliphatic rings. The summed E-state index contributed by atoms with van der Waals surface area (Å²) in [6.45, 7) is 0.322. The predicted molar refractivity (Wildman–Crippen MR) is 82.2 cm³/mol. The summed E-state index contributed by atoms with van der Waals surface area (Å²) in [7, 11) is 3.36. The van der Waals surface area contributed by atoms with E-state index in [1.807, 2.05) is 17.8 Å². The molecule has 4 nitrogen and oxygen atoms in total. The number of Topliss-reactive ketones (excluding diaryl/α,β-unsaturated/α-hetero) is 1. The number of nitrogens with one attached hydrogen (secondary N) is 1. The fourth-order valence-electron chi connectivity index (χ4n) is 2.18. The van der Waals surface area contributed by atoms with E-state index < -0.39 is 0 Å². The Kier molecular flexibility index (Phi) is 5.73. The molecular weight excluding hydrogens is 274 g/mol. The number of methoxy groups -OCH3 is 1. The van der Waals surface area contributed by atoms with E-state index in [-0.39, 0.29) is 11.9 Å². The van der Waals surface area contributed by atoms with Gasteiger partial charge in [0.25, 0.3) is 0 Å². The molecule has 0 aliphatic carbocycles. The minimum absolute atomic E-state index is 0.0468. The summed E-state index contributed by atoms with van der Waals surface area (Å²) >= 11 is 1.92. The number of likely N-dealkylation sites (N-methyl/N-ethyl adjacent to an activating group) is 1. The molecule has 1 aliphatic heterocycles. The topological polar surface area (TPSA) is 47.6 Å². The number of ether oxygens (including phenoxy) is 2. The van der Waals surface area contributed by atoms with Crippen molar-refractivity contribution >= 4 is 17.5 Å². The van der Waals surface area contributed by atoms with E-state index in [1.54, 1.807) is 26.3 Å². The predicted octanol–water partition coefficient (Wildman–Crippen LogP) is 2.37. The Morgan fingerprint density at radius 3 is 2.95 bits per heavy atom. The molecule has 1 fully saturated rings. The minimum Gasteiger partial charge on any atom is -0.493 e. The molecule has 110 valence electrons. The Balaban J connectivity index is 2.10. The van der Waals surface area contributed by atoms with Gasteiger partial charge in [-0.25, -0.2) is 0 Å². The lowest BCUT2D eigenvalue weighted by atomic mass is 10.1. The number of ketones is 1. The van der Waals surface area contributed by atoms with Crippen molar-refractivity contribution < 1.29 is 14.3 Å². The normalized spacial score (nSPS) is 18.6. The maximum atomic E-state index is 11.9. The van der Waals surface area contributed by atoms with E-state index in [9.17, 15) is 4.79 Å². The molecule has 0 spiro atoms. The smallest absolute Gasteiger partial charge is 0.176 e. The third-order valence-electron chi connectivity index (χ3n) is 3.24. The number of benzene rings is 1. The van der Waals surface area contributed by atoms with Crippen LogP contribution in [-0.2, 0) is 0 Å². The molecule has 0 saturated carbocycles. The van der Waals surface area contributed by atoms with E-state index >= 15 is 0 Å². The van der Waals surface area contributed by atoms with Crippen molar-refractivity contribution in [2.45, 2.75) is 18.9 Å². The Morgan fingerprint density at radius 1 is 1.45 bits per heavy atom. The van der Waals surface area contributed by atoms with E-state index in [0.29, 0.717) is 17.9 Å². The fraction of sp³-hybridized carbons (Fsp3) is 0.533. The Hall–Kier alpha value is -1.20. The third-order valence-corrected chi connectivity index (χ3v) is 4.42. The molecule has 1 aromatic carbocycles. The Morgan fingerprint density at radius 2 is 2.30 bits per heavy atom. The number of hydrogen-bond acceptors (Lipinski definition) is 5. The standard InChI is InChI=1S/C15H21NO3S/c1-16-9-13(17)11-5-6-14(15(8-11)18-2)19-12-4-3-7-20-10-12/h5-6,8,12,16H,3-4,7,9-10H2,1-2H3. The van der Waals surface area contributed by atoms with Crippen molar-refractivity contribution in [3.63, 3.8) is 0 Å². The molecule has 1 N–H and O–H groups in total. The first-order valence-corrected chi connectivity index (χ1v) is 8.00. The van der Waals surface area contributed by atoms with Crippen LogP contribution >= 0.6 is 11.8 Å². The molecule has 1 saturated heterocycles. The zero-order valence-electron chi connectivity index (χ0n) is 12.0. The van der Waals surface area contributed by atoms with E-state index in [4.69, 9.17) is 9.47 Å². The van der Waals surface area contributed by atoms with Crippen LogP contribution in [0.1, 0.15) is 23.2 Å². The zero-order chi connectivity index (χ0) is 14.4. The molecule has 2 rings (SSSR count). The lowest BCUT2D eigenvalue weighted by molar-refractivity contribution is 0.0993. The molecule has 1 unspecified atom stereocenters. The van der Waals surface area contributed by atoms with E-state index in [1.165, 1.54) is 12.2 Å². The van der Waals surface area contributed by atoms with Gasteiger partial charge in [-0.05, 0) is 43.8 Å². The van der Waals surface area contributed by atoms with Gasteiger partial charge in [-0.15, -0.1) is 0 Å². The van der Waals surface area contributed by atoms with Gasteiger partial charge < -0.3 is 14.8 Å². The highest BCUT2D eigenvalue weighted by Crippen LogP contribution is 2.31. The van der Waals surface area contributed by atoms with Crippen molar-refractivity contribution in [3.8, 4) is 11.5 Å². The molecule has 0 amide bonds. The minimum atomic E-state index is 0.0468. The van der Waals surface area contributed by atoms with Gasteiger partial charge in [0, 0.05) is 11.3 Å². The SMILES string of the molecule is CNCC(=O)c1ccc(OC2CCCSC2)c(OC)c1. The average molecular weight is 295 g/mol. The summed E-state index contributed by atoms with van der Waals surface area (Å²) < 4.78 is 11.4.